The van der Waals surface area contributed by atoms with Gasteiger partial charge in [-0.1, -0.05) is 58.6 Å². The molecule has 0 aliphatic rings. The normalized spacial score (nSPS) is 11.4. The van der Waals surface area contributed by atoms with Crippen LogP contribution in [0.4, 0.5) is 5.82 Å². The second-order valence-electron chi connectivity index (χ2n) is 8.66. The molecule has 0 saturated carbocycles. The van der Waals surface area contributed by atoms with E-state index < -0.39 is 0 Å². The average Bonchev–Trinajstić information content (AvgIpc) is 3.09. The van der Waals surface area contributed by atoms with Gasteiger partial charge in [0.1, 0.15) is 5.82 Å². The summed E-state index contributed by atoms with van der Waals surface area (Å²) in [7, 11) is 1.67. The van der Waals surface area contributed by atoms with Crippen LogP contribution in [0.2, 0.25) is 5.02 Å². The van der Waals surface area contributed by atoms with Crippen LogP contribution >= 0.6 is 11.6 Å². The molecule has 1 N–H and O–H groups in total. The van der Waals surface area contributed by atoms with Gasteiger partial charge in [-0.3, -0.25) is 9.59 Å². The molecule has 1 heterocycles. The number of benzene rings is 1. The summed E-state index contributed by atoms with van der Waals surface area (Å²) < 4.78 is 1.70. The number of nitrogens with one attached hydrogen (secondary N) is 1. The van der Waals surface area contributed by atoms with Crippen molar-refractivity contribution in [3.8, 4) is 5.69 Å². The highest BCUT2D eigenvalue weighted by molar-refractivity contribution is 6.30. The summed E-state index contributed by atoms with van der Waals surface area (Å²) >= 11 is 6.00. The van der Waals surface area contributed by atoms with Crippen LogP contribution in [0.5, 0.6) is 0 Å². The highest BCUT2D eigenvalue weighted by Gasteiger charge is 2.22. The molecule has 0 saturated heterocycles. The Morgan fingerprint density at radius 1 is 1.13 bits per heavy atom. The minimum Gasteiger partial charge on any atom is -0.336 e. The first-order chi connectivity index (χ1) is 14.1. The molecule has 0 aliphatic heterocycles. The van der Waals surface area contributed by atoms with Gasteiger partial charge in [0.2, 0.25) is 11.8 Å². The Hall–Kier alpha value is -2.34. The first kappa shape index (κ1) is 23.9. The van der Waals surface area contributed by atoms with Gasteiger partial charge in [-0.2, -0.15) is 5.10 Å². The number of carbonyl (C=O) groups excluding carboxylic acids is 2. The van der Waals surface area contributed by atoms with Gasteiger partial charge in [-0.15, -0.1) is 0 Å². The van der Waals surface area contributed by atoms with Crippen LogP contribution < -0.4 is 5.32 Å². The maximum atomic E-state index is 12.6. The summed E-state index contributed by atoms with van der Waals surface area (Å²) in [5, 5.41) is 8.23. The van der Waals surface area contributed by atoms with Crippen molar-refractivity contribution in [2.24, 2.45) is 0 Å². The first-order valence-corrected chi connectivity index (χ1v) is 10.9. The van der Waals surface area contributed by atoms with E-state index in [0.29, 0.717) is 17.3 Å². The predicted octanol–water partition coefficient (Wildman–Crippen LogP) is 5.19. The molecule has 2 amide bonds. The zero-order valence-electron chi connectivity index (χ0n) is 18.7. The number of rotatable bonds is 9. The Balaban J connectivity index is 2.10. The minimum absolute atomic E-state index is 0.00323. The number of halogens is 1. The van der Waals surface area contributed by atoms with Gasteiger partial charge in [-0.25, -0.2) is 4.68 Å². The van der Waals surface area contributed by atoms with Crippen molar-refractivity contribution < 1.29 is 9.59 Å². The number of likely N-dealkylation sites (N-methyl/N-ethyl adjacent to an activating group) is 1. The lowest BCUT2D eigenvalue weighted by Crippen LogP contribution is -2.35. The Morgan fingerprint density at radius 3 is 2.40 bits per heavy atom. The zero-order valence-corrected chi connectivity index (χ0v) is 19.4. The van der Waals surface area contributed by atoms with Crippen LogP contribution in [0.3, 0.4) is 0 Å². The molecule has 2 aromatic rings. The summed E-state index contributed by atoms with van der Waals surface area (Å²) in [6.07, 6.45) is 4.63. The summed E-state index contributed by atoms with van der Waals surface area (Å²) in [4.78, 5) is 26.4. The third kappa shape index (κ3) is 6.87. The van der Waals surface area contributed by atoms with E-state index in [1.165, 1.54) is 4.90 Å². The Kier molecular flexibility index (Phi) is 8.47. The van der Waals surface area contributed by atoms with Crippen molar-refractivity contribution in [3.63, 3.8) is 0 Å². The number of aromatic nitrogens is 2. The number of hydrogen-bond acceptors (Lipinski definition) is 3. The molecule has 0 bridgehead atoms. The molecular weight excluding hydrogens is 400 g/mol. The molecule has 0 atom stereocenters. The van der Waals surface area contributed by atoms with E-state index in [-0.39, 0.29) is 23.8 Å². The number of unbranched alkanes of at least 4 members (excludes halogenated alkanes) is 3. The van der Waals surface area contributed by atoms with Crippen molar-refractivity contribution in [1.29, 1.82) is 0 Å². The average molecular weight is 433 g/mol. The van der Waals surface area contributed by atoms with Gasteiger partial charge in [0.25, 0.3) is 0 Å². The zero-order chi connectivity index (χ0) is 22.3. The van der Waals surface area contributed by atoms with E-state index in [4.69, 9.17) is 11.6 Å². The smallest absolute Gasteiger partial charge is 0.245 e. The maximum absolute atomic E-state index is 12.6. The maximum Gasteiger partial charge on any atom is 0.245 e. The second-order valence-corrected chi connectivity index (χ2v) is 9.10. The van der Waals surface area contributed by atoms with Crippen molar-refractivity contribution in [2.75, 3.05) is 18.9 Å². The van der Waals surface area contributed by atoms with E-state index in [0.717, 1.165) is 37.1 Å². The molecule has 1 aromatic carbocycles. The van der Waals surface area contributed by atoms with Crippen LogP contribution in [0.25, 0.3) is 5.69 Å². The monoisotopic (exact) mass is 432 g/mol. The van der Waals surface area contributed by atoms with Crippen molar-refractivity contribution in [3.05, 3.63) is 41.0 Å². The van der Waals surface area contributed by atoms with E-state index in [1.807, 2.05) is 18.2 Å². The Morgan fingerprint density at radius 2 is 1.80 bits per heavy atom. The topological polar surface area (TPSA) is 67.2 Å². The summed E-state index contributed by atoms with van der Waals surface area (Å²) in [5.41, 5.74) is 1.47. The molecule has 2 rings (SSSR count). The lowest BCUT2D eigenvalue weighted by Gasteiger charge is -2.17. The van der Waals surface area contributed by atoms with Gasteiger partial charge < -0.3 is 10.2 Å². The number of anilines is 1. The van der Waals surface area contributed by atoms with Gasteiger partial charge in [0, 0.05) is 30.0 Å². The lowest BCUT2D eigenvalue weighted by molar-refractivity contribution is -0.133. The fourth-order valence-electron chi connectivity index (χ4n) is 3.00. The molecule has 0 radical (unpaired) electrons. The molecule has 7 heteroatoms. The predicted molar refractivity (Wildman–Crippen MR) is 122 cm³/mol. The summed E-state index contributed by atoms with van der Waals surface area (Å²) in [6.45, 7) is 8.34. The highest BCUT2D eigenvalue weighted by atomic mass is 35.5. The standard InChI is InChI=1S/C23H33ClN4O2/c1-6-7-8-9-10-22(30)27(5)16-21(29)25-20-15-19(23(2,3)4)26-28(20)18-13-11-17(24)12-14-18/h11-15H,6-10,16H2,1-5H3,(H,25,29). The molecule has 0 aliphatic carbocycles. The largest absolute Gasteiger partial charge is 0.336 e. The van der Waals surface area contributed by atoms with Crippen LogP contribution in [0, 0.1) is 0 Å². The molecular formula is C23H33ClN4O2. The van der Waals surface area contributed by atoms with E-state index in [9.17, 15) is 9.59 Å². The molecule has 1 aromatic heterocycles. The minimum atomic E-state index is -0.255. The molecule has 0 fully saturated rings. The highest BCUT2D eigenvalue weighted by Crippen LogP contribution is 2.26. The summed E-state index contributed by atoms with van der Waals surface area (Å²) in [6, 6.07) is 9.14. The van der Waals surface area contributed by atoms with Crippen LogP contribution in [0.15, 0.2) is 30.3 Å². The number of carbonyl (C=O) groups is 2. The van der Waals surface area contributed by atoms with E-state index >= 15 is 0 Å². The first-order valence-electron chi connectivity index (χ1n) is 10.5. The number of hydrogen-bond donors (Lipinski definition) is 1. The third-order valence-corrected chi connectivity index (χ3v) is 5.12. The third-order valence-electron chi connectivity index (χ3n) is 4.87. The SMILES string of the molecule is CCCCCCC(=O)N(C)CC(=O)Nc1cc(C(C)(C)C)nn1-c1ccc(Cl)cc1. The second kappa shape index (κ2) is 10.6. The van der Waals surface area contributed by atoms with Crippen molar-refractivity contribution in [2.45, 2.75) is 65.2 Å². The molecule has 0 spiro atoms. The Bertz CT molecular complexity index is 853. The summed E-state index contributed by atoms with van der Waals surface area (Å²) in [5.74, 6) is 0.300. The quantitative estimate of drug-likeness (QED) is 0.554. The number of nitrogens with zero attached hydrogens (tertiary/aromatic N) is 3. The molecule has 30 heavy (non-hydrogen) atoms. The van der Waals surface area contributed by atoms with Crippen LogP contribution in [-0.2, 0) is 15.0 Å². The van der Waals surface area contributed by atoms with Gasteiger partial charge in [0.05, 0.1) is 17.9 Å². The molecule has 6 nitrogen and oxygen atoms in total. The molecule has 164 valence electrons. The Labute approximate surface area is 184 Å². The molecule has 0 unspecified atom stereocenters. The van der Waals surface area contributed by atoms with Crippen LogP contribution in [-0.4, -0.2) is 40.1 Å². The van der Waals surface area contributed by atoms with Gasteiger partial charge in [-0.05, 0) is 30.7 Å². The van der Waals surface area contributed by atoms with Crippen molar-refractivity contribution >= 4 is 29.2 Å². The van der Waals surface area contributed by atoms with E-state index in [1.54, 1.807) is 23.9 Å². The van der Waals surface area contributed by atoms with Crippen LogP contribution in [0.1, 0.15) is 65.5 Å². The fraction of sp³-hybridized carbons (Fsp3) is 0.522. The van der Waals surface area contributed by atoms with Crippen molar-refractivity contribution in [1.82, 2.24) is 14.7 Å². The lowest BCUT2D eigenvalue weighted by atomic mass is 9.92. The van der Waals surface area contributed by atoms with E-state index in [2.05, 4.69) is 38.1 Å². The van der Waals surface area contributed by atoms with Gasteiger partial charge in [0.15, 0.2) is 0 Å². The fourth-order valence-corrected chi connectivity index (χ4v) is 3.12. The van der Waals surface area contributed by atoms with Gasteiger partial charge >= 0.3 is 0 Å². The number of amides is 2.